The first-order chi connectivity index (χ1) is 17.3. The molecule has 5 heteroatoms. The van der Waals surface area contributed by atoms with E-state index in [-0.39, 0.29) is 11.8 Å². The van der Waals surface area contributed by atoms with E-state index in [2.05, 4.69) is 55.6 Å². The lowest BCUT2D eigenvalue weighted by Gasteiger charge is -2.31. The molecule has 0 radical (unpaired) electrons. The molecule has 0 aliphatic heterocycles. The van der Waals surface area contributed by atoms with Crippen molar-refractivity contribution in [2.24, 2.45) is 0 Å². The van der Waals surface area contributed by atoms with Gasteiger partial charge < -0.3 is 9.80 Å². The van der Waals surface area contributed by atoms with Crippen LogP contribution < -0.4 is 0 Å². The number of rotatable bonds is 9. The second-order valence-electron chi connectivity index (χ2n) is 9.69. The SMILES string of the molecule is CC(C)c1cccc(C(=O)N(C)[C@H](Cc2ccc3ccccc3c2)C(=O)N(C)CCc2cccs2)c1. The van der Waals surface area contributed by atoms with E-state index < -0.39 is 6.04 Å². The highest BCUT2D eigenvalue weighted by atomic mass is 32.1. The topological polar surface area (TPSA) is 40.6 Å². The zero-order valence-electron chi connectivity index (χ0n) is 21.5. The lowest BCUT2D eigenvalue weighted by Crippen LogP contribution is -2.49. The van der Waals surface area contributed by atoms with Crippen molar-refractivity contribution in [3.05, 3.63) is 106 Å². The van der Waals surface area contributed by atoms with Crippen molar-refractivity contribution in [1.29, 1.82) is 0 Å². The molecule has 3 aromatic carbocycles. The van der Waals surface area contributed by atoms with Crippen molar-refractivity contribution in [3.8, 4) is 0 Å². The summed E-state index contributed by atoms with van der Waals surface area (Å²) in [6.45, 7) is 4.84. The fourth-order valence-corrected chi connectivity index (χ4v) is 5.15. The minimum atomic E-state index is -0.602. The van der Waals surface area contributed by atoms with Gasteiger partial charge in [-0.1, -0.05) is 74.5 Å². The molecule has 1 aromatic heterocycles. The van der Waals surface area contributed by atoms with E-state index in [1.54, 1.807) is 28.2 Å². The van der Waals surface area contributed by atoms with Gasteiger partial charge in [-0.3, -0.25) is 9.59 Å². The van der Waals surface area contributed by atoms with E-state index in [1.165, 1.54) is 4.88 Å². The first-order valence-electron chi connectivity index (χ1n) is 12.5. The van der Waals surface area contributed by atoms with Gasteiger partial charge in [0.1, 0.15) is 6.04 Å². The highest BCUT2D eigenvalue weighted by molar-refractivity contribution is 7.09. The molecule has 4 rings (SSSR count). The van der Waals surface area contributed by atoms with Crippen molar-refractivity contribution in [3.63, 3.8) is 0 Å². The predicted octanol–water partition coefficient (Wildman–Crippen LogP) is 6.41. The van der Waals surface area contributed by atoms with E-state index in [0.717, 1.165) is 28.3 Å². The smallest absolute Gasteiger partial charge is 0.254 e. The van der Waals surface area contributed by atoms with Gasteiger partial charge in [0.25, 0.3) is 5.91 Å². The maximum atomic E-state index is 13.8. The fourth-order valence-electron chi connectivity index (χ4n) is 4.45. The lowest BCUT2D eigenvalue weighted by molar-refractivity contribution is -0.134. The number of thiophene rings is 1. The average Bonchev–Trinajstić information content (AvgIpc) is 3.43. The molecule has 36 heavy (non-hydrogen) atoms. The van der Waals surface area contributed by atoms with Gasteiger partial charge in [-0.15, -0.1) is 11.3 Å². The number of fused-ring (bicyclic) bond motifs is 1. The van der Waals surface area contributed by atoms with Crippen LogP contribution in [0.15, 0.2) is 84.2 Å². The first kappa shape index (κ1) is 25.6. The molecule has 0 N–H and O–H groups in total. The Hall–Kier alpha value is -3.44. The molecule has 0 saturated heterocycles. The van der Waals surface area contributed by atoms with Gasteiger partial charge in [-0.05, 0) is 57.8 Å². The highest BCUT2D eigenvalue weighted by Gasteiger charge is 2.30. The minimum absolute atomic E-state index is 0.0458. The maximum absolute atomic E-state index is 13.8. The number of nitrogens with zero attached hydrogens (tertiary/aromatic N) is 2. The number of carbonyl (C=O) groups is 2. The van der Waals surface area contributed by atoms with Crippen molar-refractivity contribution in [2.45, 2.75) is 38.6 Å². The molecule has 0 aliphatic carbocycles. The number of likely N-dealkylation sites (N-methyl/N-ethyl adjacent to an activating group) is 2. The summed E-state index contributed by atoms with van der Waals surface area (Å²) < 4.78 is 0. The van der Waals surface area contributed by atoms with Crippen LogP contribution in [0.2, 0.25) is 0 Å². The molecule has 0 spiro atoms. The van der Waals surface area contributed by atoms with Crippen molar-refractivity contribution < 1.29 is 9.59 Å². The van der Waals surface area contributed by atoms with Gasteiger partial charge in [0.15, 0.2) is 0 Å². The van der Waals surface area contributed by atoms with E-state index in [4.69, 9.17) is 0 Å². The van der Waals surface area contributed by atoms with Gasteiger partial charge in [-0.2, -0.15) is 0 Å². The normalized spacial score (nSPS) is 12.0. The quantitative estimate of drug-likeness (QED) is 0.268. The molecule has 1 heterocycles. The van der Waals surface area contributed by atoms with Crippen LogP contribution in [0.5, 0.6) is 0 Å². The van der Waals surface area contributed by atoms with E-state index in [1.807, 2.05) is 49.5 Å². The van der Waals surface area contributed by atoms with Gasteiger partial charge in [-0.25, -0.2) is 0 Å². The van der Waals surface area contributed by atoms with Crippen LogP contribution in [-0.2, 0) is 17.6 Å². The van der Waals surface area contributed by atoms with Crippen LogP contribution in [0.3, 0.4) is 0 Å². The Bertz CT molecular complexity index is 1330. The zero-order valence-corrected chi connectivity index (χ0v) is 22.3. The van der Waals surface area contributed by atoms with E-state index >= 15 is 0 Å². The summed E-state index contributed by atoms with van der Waals surface area (Å²) in [7, 11) is 3.59. The number of hydrogen-bond acceptors (Lipinski definition) is 3. The van der Waals surface area contributed by atoms with Crippen LogP contribution in [0, 0.1) is 0 Å². The predicted molar refractivity (Wildman–Crippen MR) is 150 cm³/mol. The first-order valence-corrected chi connectivity index (χ1v) is 13.3. The van der Waals surface area contributed by atoms with Gasteiger partial charge in [0.2, 0.25) is 5.91 Å². The zero-order chi connectivity index (χ0) is 25.7. The summed E-state index contributed by atoms with van der Waals surface area (Å²) >= 11 is 1.70. The van der Waals surface area contributed by atoms with Crippen LogP contribution in [0.1, 0.15) is 46.1 Å². The molecule has 0 fully saturated rings. The summed E-state index contributed by atoms with van der Waals surface area (Å²) in [6.07, 6.45) is 1.26. The summed E-state index contributed by atoms with van der Waals surface area (Å²) in [5.41, 5.74) is 2.76. The molecule has 0 saturated carbocycles. The number of carbonyl (C=O) groups excluding carboxylic acids is 2. The Kier molecular flexibility index (Phi) is 8.21. The number of amides is 2. The second kappa shape index (κ2) is 11.5. The highest BCUT2D eigenvalue weighted by Crippen LogP contribution is 2.21. The van der Waals surface area contributed by atoms with Gasteiger partial charge in [0, 0.05) is 37.5 Å². The van der Waals surface area contributed by atoms with Crippen LogP contribution >= 0.6 is 11.3 Å². The molecule has 186 valence electrons. The molecule has 0 unspecified atom stereocenters. The van der Waals surface area contributed by atoms with Crippen molar-refractivity contribution >= 4 is 33.9 Å². The Morgan fingerprint density at radius 3 is 2.36 bits per heavy atom. The Morgan fingerprint density at radius 2 is 1.64 bits per heavy atom. The average molecular weight is 499 g/mol. The molecule has 4 aromatic rings. The summed E-state index contributed by atoms with van der Waals surface area (Å²) in [5.74, 6) is 0.139. The minimum Gasteiger partial charge on any atom is -0.344 e. The fraction of sp³-hybridized carbons (Fsp3) is 0.290. The maximum Gasteiger partial charge on any atom is 0.254 e. The van der Waals surface area contributed by atoms with Crippen LogP contribution in [0.4, 0.5) is 0 Å². The number of benzene rings is 3. The van der Waals surface area contributed by atoms with Gasteiger partial charge >= 0.3 is 0 Å². The summed E-state index contributed by atoms with van der Waals surface area (Å²) in [5, 5.41) is 4.34. The van der Waals surface area contributed by atoms with Crippen LogP contribution in [0.25, 0.3) is 10.8 Å². The Labute approximate surface area is 218 Å². The largest absolute Gasteiger partial charge is 0.344 e. The van der Waals surface area contributed by atoms with Gasteiger partial charge in [0.05, 0.1) is 0 Å². The third kappa shape index (κ3) is 6.03. The third-order valence-electron chi connectivity index (χ3n) is 6.77. The molecular weight excluding hydrogens is 464 g/mol. The van der Waals surface area contributed by atoms with E-state index in [0.29, 0.717) is 24.4 Å². The Balaban J connectivity index is 1.60. The van der Waals surface area contributed by atoms with Crippen molar-refractivity contribution in [1.82, 2.24) is 9.80 Å². The molecule has 1 atom stereocenters. The molecule has 0 bridgehead atoms. The summed E-state index contributed by atoms with van der Waals surface area (Å²) in [6, 6.07) is 25.7. The van der Waals surface area contributed by atoms with Crippen LogP contribution in [-0.4, -0.2) is 48.3 Å². The lowest BCUT2D eigenvalue weighted by atomic mass is 9.98. The Morgan fingerprint density at radius 1 is 0.861 bits per heavy atom. The number of hydrogen-bond donors (Lipinski definition) is 0. The summed E-state index contributed by atoms with van der Waals surface area (Å²) in [4.78, 5) is 32.0. The molecule has 0 aliphatic rings. The second-order valence-corrected chi connectivity index (χ2v) is 10.7. The van der Waals surface area contributed by atoms with E-state index in [9.17, 15) is 9.59 Å². The third-order valence-corrected chi connectivity index (χ3v) is 7.70. The molecule has 4 nitrogen and oxygen atoms in total. The standard InChI is InChI=1S/C31H34N2O2S/c1-22(2)25-11-7-12-27(21-25)30(34)33(4)29(31(35)32(3)17-16-28-13-8-18-36-28)20-23-14-15-24-9-5-6-10-26(24)19-23/h5-15,18-19,21-22,29H,16-17,20H2,1-4H3/t29-/m1/s1. The van der Waals surface area contributed by atoms with Crippen molar-refractivity contribution in [2.75, 3.05) is 20.6 Å². The monoisotopic (exact) mass is 498 g/mol. The molecular formula is C31H34N2O2S. The molecule has 2 amide bonds.